The lowest BCUT2D eigenvalue weighted by atomic mass is 10.0. The Bertz CT molecular complexity index is 421. The van der Waals surface area contributed by atoms with E-state index in [4.69, 9.17) is 0 Å². The monoisotopic (exact) mass is 318 g/mol. The Hall–Kier alpha value is -1.11. The van der Waals surface area contributed by atoms with Crippen molar-refractivity contribution in [2.24, 2.45) is 0 Å². The summed E-state index contributed by atoms with van der Waals surface area (Å²) in [5.41, 5.74) is 0.358. The van der Waals surface area contributed by atoms with Crippen molar-refractivity contribution in [2.75, 3.05) is 12.4 Å². The van der Waals surface area contributed by atoms with Gasteiger partial charge in [-0.25, -0.2) is 4.79 Å². The van der Waals surface area contributed by atoms with Gasteiger partial charge in [-0.15, -0.1) is 0 Å². The zero-order valence-corrected chi connectivity index (χ0v) is 11.4. The minimum atomic E-state index is -1.11. The highest BCUT2D eigenvalue weighted by atomic mass is 79.9. The van der Waals surface area contributed by atoms with Crippen LogP contribution in [0.4, 0.5) is 0 Å². The highest BCUT2D eigenvalue weighted by Gasteiger charge is 2.20. The topological polar surface area (TPSA) is 87.0 Å². The van der Waals surface area contributed by atoms with Gasteiger partial charge in [0.05, 0.1) is 13.2 Å². The number of hydrogen-bond donors (Lipinski definition) is 3. The Labute approximate surface area is 113 Å². The van der Waals surface area contributed by atoms with Crippen LogP contribution in [0, 0.1) is 0 Å². The second kappa shape index (κ2) is 6.72. The zero-order valence-electron chi connectivity index (χ0n) is 9.84. The van der Waals surface area contributed by atoms with Crippen molar-refractivity contribution < 1.29 is 24.9 Å². The third-order valence-corrected chi connectivity index (χ3v) is 3.00. The molecule has 1 aromatic carbocycles. The second-order valence-electron chi connectivity index (χ2n) is 3.76. The standard InChI is InChI=1S/C12H15BrO5/c1-18-12(17)8-3-2-7(6-10(8)15)11(16)9(14)4-5-13/h2-3,6,9,11,14-16H,4-5H2,1H3. The maximum atomic E-state index is 11.3. The van der Waals surface area contributed by atoms with Crippen LogP contribution in [0.2, 0.25) is 0 Å². The molecule has 6 heteroatoms. The van der Waals surface area contributed by atoms with Gasteiger partial charge in [-0.3, -0.25) is 0 Å². The van der Waals surface area contributed by atoms with Crippen LogP contribution in [0.5, 0.6) is 5.75 Å². The van der Waals surface area contributed by atoms with Crippen LogP contribution >= 0.6 is 15.9 Å². The summed E-state index contributed by atoms with van der Waals surface area (Å²) in [6, 6.07) is 4.06. The van der Waals surface area contributed by atoms with E-state index in [0.29, 0.717) is 17.3 Å². The van der Waals surface area contributed by atoms with Crippen molar-refractivity contribution in [3.63, 3.8) is 0 Å². The van der Waals surface area contributed by atoms with Gasteiger partial charge >= 0.3 is 5.97 Å². The molecule has 0 aliphatic rings. The lowest BCUT2D eigenvalue weighted by Gasteiger charge is -2.17. The molecule has 3 N–H and O–H groups in total. The molecular weight excluding hydrogens is 304 g/mol. The average Bonchev–Trinajstić information content (AvgIpc) is 2.37. The molecule has 100 valence electrons. The summed E-state index contributed by atoms with van der Waals surface area (Å²) in [4.78, 5) is 11.3. The van der Waals surface area contributed by atoms with E-state index in [1.807, 2.05) is 0 Å². The van der Waals surface area contributed by atoms with Crippen molar-refractivity contribution in [1.29, 1.82) is 0 Å². The average molecular weight is 319 g/mol. The fraction of sp³-hybridized carbons (Fsp3) is 0.417. The van der Waals surface area contributed by atoms with E-state index in [0.717, 1.165) is 0 Å². The first-order valence-corrected chi connectivity index (χ1v) is 6.46. The maximum absolute atomic E-state index is 11.3. The van der Waals surface area contributed by atoms with E-state index in [1.54, 1.807) is 0 Å². The van der Waals surface area contributed by atoms with Gasteiger partial charge in [-0.1, -0.05) is 22.0 Å². The molecule has 0 amide bonds. The van der Waals surface area contributed by atoms with Crippen molar-refractivity contribution in [2.45, 2.75) is 18.6 Å². The first-order chi connectivity index (χ1) is 8.51. The van der Waals surface area contributed by atoms with Gasteiger partial charge in [0.25, 0.3) is 0 Å². The molecule has 0 spiro atoms. The van der Waals surface area contributed by atoms with E-state index in [2.05, 4.69) is 20.7 Å². The van der Waals surface area contributed by atoms with Gasteiger partial charge in [0, 0.05) is 5.33 Å². The fourth-order valence-corrected chi connectivity index (χ4v) is 1.98. The summed E-state index contributed by atoms with van der Waals surface area (Å²) >= 11 is 3.16. The molecule has 0 saturated carbocycles. The van der Waals surface area contributed by atoms with E-state index in [1.165, 1.54) is 25.3 Å². The van der Waals surface area contributed by atoms with Gasteiger partial charge in [-0.2, -0.15) is 0 Å². The molecule has 0 fully saturated rings. The summed E-state index contributed by atoms with van der Waals surface area (Å²) in [6.07, 6.45) is -1.67. The van der Waals surface area contributed by atoms with Crippen LogP contribution in [0.1, 0.15) is 28.4 Å². The van der Waals surface area contributed by atoms with Crippen LogP contribution in [0.3, 0.4) is 0 Å². The van der Waals surface area contributed by atoms with Crippen molar-refractivity contribution in [3.8, 4) is 5.75 Å². The number of benzene rings is 1. The highest BCUT2D eigenvalue weighted by molar-refractivity contribution is 9.09. The summed E-state index contributed by atoms with van der Waals surface area (Å²) in [6.45, 7) is 0. The Balaban J connectivity index is 2.93. The Kier molecular flexibility index (Phi) is 5.58. The Morgan fingerprint density at radius 3 is 2.61 bits per heavy atom. The first kappa shape index (κ1) is 14.9. The van der Waals surface area contributed by atoms with Gasteiger partial charge in [0.2, 0.25) is 0 Å². The summed E-state index contributed by atoms with van der Waals surface area (Å²) < 4.78 is 4.49. The van der Waals surface area contributed by atoms with Gasteiger partial charge in [0.1, 0.15) is 17.4 Å². The number of ether oxygens (including phenoxy) is 1. The molecule has 0 aliphatic heterocycles. The molecule has 0 heterocycles. The number of methoxy groups -OCH3 is 1. The van der Waals surface area contributed by atoms with Crippen LogP contribution in [0.15, 0.2) is 18.2 Å². The predicted octanol–water partition coefficient (Wildman–Crippen LogP) is 1.36. The molecule has 2 unspecified atom stereocenters. The number of alkyl halides is 1. The van der Waals surface area contributed by atoms with E-state index < -0.39 is 18.2 Å². The minimum absolute atomic E-state index is 0.0171. The quantitative estimate of drug-likeness (QED) is 0.563. The number of aliphatic hydroxyl groups is 2. The molecule has 0 aromatic heterocycles. The zero-order chi connectivity index (χ0) is 13.7. The van der Waals surface area contributed by atoms with Gasteiger partial charge in [-0.05, 0) is 24.1 Å². The fourth-order valence-electron chi connectivity index (χ4n) is 1.51. The lowest BCUT2D eigenvalue weighted by Crippen LogP contribution is -2.18. The van der Waals surface area contributed by atoms with Crippen LogP contribution in [-0.4, -0.2) is 39.8 Å². The molecule has 5 nitrogen and oxygen atoms in total. The van der Waals surface area contributed by atoms with Crippen LogP contribution in [-0.2, 0) is 4.74 Å². The smallest absolute Gasteiger partial charge is 0.341 e. The predicted molar refractivity (Wildman–Crippen MR) is 68.8 cm³/mol. The molecule has 0 radical (unpaired) electrons. The Morgan fingerprint density at radius 2 is 2.11 bits per heavy atom. The summed E-state index contributed by atoms with van der Waals surface area (Å²) in [5, 5.41) is 29.7. The third-order valence-electron chi connectivity index (χ3n) is 2.54. The number of phenols is 1. The molecule has 0 saturated heterocycles. The molecule has 1 aromatic rings. The number of rotatable bonds is 5. The number of esters is 1. The van der Waals surface area contributed by atoms with Crippen LogP contribution < -0.4 is 0 Å². The summed E-state index contributed by atoms with van der Waals surface area (Å²) in [5.74, 6) is -0.945. The molecule has 2 atom stereocenters. The minimum Gasteiger partial charge on any atom is -0.507 e. The summed E-state index contributed by atoms with van der Waals surface area (Å²) in [7, 11) is 1.21. The number of phenolic OH excluding ortho intramolecular Hbond substituents is 1. The van der Waals surface area contributed by atoms with Crippen LogP contribution in [0.25, 0.3) is 0 Å². The first-order valence-electron chi connectivity index (χ1n) is 5.34. The Morgan fingerprint density at radius 1 is 1.44 bits per heavy atom. The van der Waals surface area contributed by atoms with Gasteiger partial charge in [0.15, 0.2) is 0 Å². The van der Waals surface area contributed by atoms with E-state index in [9.17, 15) is 20.1 Å². The van der Waals surface area contributed by atoms with Crippen molar-refractivity contribution >= 4 is 21.9 Å². The SMILES string of the molecule is COC(=O)c1ccc(C(O)C(O)CCBr)cc1O. The number of hydrogen-bond acceptors (Lipinski definition) is 5. The second-order valence-corrected chi connectivity index (χ2v) is 4.55. The van der Waals surface area contributed by atoms with E-state index >= 15 is 0 Å². The maximum Gasteiger partial charge on any atom is 0.341 e. The lowest BCUT2D eigenvalue weighted by molar-refractivity contribution is 0.0172. The van der Waals surface area contributed by atoms with E-state index in [-0.39, 0.29) is 11.3 Å². The largest absolute Gasteiger partial charge is 0.507 e. The number of carbonyl (C=O) groups is 1. The molecule has 0 aliphatic carbocycles. The number of carbonyl (C=O) groups excluding carboxylic acids is 1. The highest BCUT2D eigenvalue weighted by Crippen LogP contribution is 2.26. The third kappa shape index (κ3) is 3.44. The molecular formula is C12H15BrO5. The number of halogens is 1. The molecule has 1 rings (SSSR count). The molecule has 18 heavy (non-hydrogen) atoms. The normalized spacial score (nSPS) is 14.0. The number of aromatic hydroxyl groups is 1. The van der Waals surface area contributed by atoms with Crippen molar-refractivity contribution in [3.05, 3.63) is 29.3 Å². The van der Waals surface area contributed by atoms with Crippen molar-refractivity contribution in [1.82, 2.24) is 0 Å². The molecule has 0 bridgehead atoms. The van der Waals surface area contributed by atoms with Gasteiger partial charge < -0.3 is 20.1 Å². The number of aliphatic hydroxyl groups excluding tert-OH is 2.